The number of nitrogens with zero attached hydrogens (tertiary/aromatic N) is 7. The Morgan fingerprint density at radius 1 is 1.00 bits per heavy atom. The number of hydrogen-bond acceptors (Lipinski definition) is 8. The molecule has 0 aliphatic carbocycles. The molecule has 1 fully saturated rings. The highest BCUT2D eigenvalue weighted by Crippen LogP contribution is 2.26. The number of pyridine rings is 2. The molecule has 0 unspecified atom stereocenters. The molecule has 6 rings (SSSR count). The molecule has 4 aromatic heterocycles. The van der Waals surface area contributed by atoms with Gasteiger partial charge in [-0.2, -0.15) is 4.98 Å². The summed E-state index contributed by atoms with van der Waals surface area (Å²) in [5, 5.41) is 4.13. The zero-order valence-electron chi connectivity index (χ0n) is 25.0. The van der Waals surface area contributed by atoms with Gasteiger partial charge in [0.2, 0.25) is 5.95 Å². The first-order chi connectivity index (χ1) is 21.0. The number of likely N-dealkylation sites (tertiary alicyclic amines) is 1. The first kappa shape index (κ1) is 28.5. The minimum absolute atomic E-state index is 0.0382. The van der Waals surface area contributed by atoms with Gasteiger partial charge in [-0.25, -0.2) is 9.97 Å². The summed E-state index contributed by atoms with van der Waals surface area (Å²) in [7, 11) is 2.15. The number of benzene rings is 1. The summed E-state index contributed by atoms with van der Waals surface area (Å²) in [6.07, 6.45) is 12.9. The van der Waals surface area contributed by atoms with E-state index in [1.54, 1.807) is 35.7 Å². The number of hydrogen-bond donors (Lipinski definition) is 1. The van der Waals surface area contributed by atoms with E-state index in [2.05, 4.69) is 46.1 Å². The molecule has 0 atom stereocenters. The highest BCUT2D eigenvalue weighted by Gasteiger charge is 2.20. The molecule has 0 bridgehead atoms. The number of fused-ring (bicyclic) bond motifs is 1. The summed E-state index contributed by atoms with van der Waals surface area (Å²) in [5.74, 6) is 1.43. The van der Waals surface area contributed by atoms with Crippen molar-refractivity contribution in [2.24, 2.45) is 0 Å². The average Bonchev–Trinajstić information content (AvgIpc) is 3.50. The van der Waals surface area contributed by atoms with Crippen LogP contribution >= 0.6 is 0 Å². The van der Waals surface area contributed by atoms with Crippen LogP contribution < -0.4 is 15.6 Å². The van der Waals surface area contributed by atoms with E-state index < -0.39 is 0 Å². The molecular formula is C33H38N8O2. The van der Waals surface area contributed by atoms with Gasteiger partial charge in [0.05, 0.1) is 24.8 Å². The minimum Gasteiger partial charge on any atom is -0.490 e. The van der Waals surface area contributed by atoms with Gasteiger partial charge in [0, 0.05) is 54.0 Å². The van der Waals surface area contributed by atoms with Crippen molar-refractivity contribution in [1.82, 2.24) is 34.0 Å². The number of rotatable bonds is 10. The lowest BCUT2D eigenvalue weighted by atomic mass is 9.94. The minimum atomic E-state index is -0.0382. The van der Waals surface area contributed by atoms with Gasteiger partial charge in [0.25, 0.3) is 5.56 Å². The average molecular weight is 579 g/mol. The van der Waals surface area contributed by atoms with Crippen LogP contribution in [0.4, 0.5) is 11.6 Å². The van der Waals surface area contributed by atoms with Gasteiger partial charge in [-0.15, -0.1) is 0 Å². The van der Waals surface area contributed by atoms with E-state index in [0.717, 1.165) is 72.5 Å². The van der Waals surface area contributed by atoms with Gasteiger partial charge < -0.3 is 19.5 Å². The third kappa shape index (κ3) is 6.29. The lowest BCUT2D eigenvalue weighted by Crippen LogP contribution is -2.35. The first-order valence-corrected chi connectivity index (χ1v) is 15.1. The van der Waals surface area contributed by atoms with Crippen molar-refractivity contribution < 1.29 is 4.74 Å². The van der Waals surface area contributed by atoms with Crippen molar-refractivity contribution in [2.45, 2.75) is 58.1 Å². The normalized spacial score (nSPS) is 14.4. The van der Waals surface area contributed by atoms with Gasteiger partial charge in [-0.1, -0.05) is 13.8 Å². The number of anilines is 2. The fourth-order valence-electron chi connectivity index (χ4n) is 5.79. The maximum absolute atomic E-state index is 14.0. The van der Waals surface area contributed by atoms with Crippen LogP contribution in [0.25, 0.3) is 16.7 Å². The van der Waals surface area contributed by atoms with Crippen molar-refractivity contribution in [3.8, 4) is 11.4 Å². The SMILES string of the molecule is CCC(CC)c1cc2cnc(Nc3ccc(OC4CCN(C)CC4)cc3)nc2n(Cc2cncn2-c2ccncc2)c1=O. The largest absolute Gasteiger partial charge is 0.490 e. The van der Waals surface area contributed by atoms with Crippen LogP contribution in [0.5, 0.6) is 5.75 Å². The van der Waals surface area contributed by atoms with E-state index in [4.69, 9.17) is 9.72 Å². The van der Waals surface area contributed by atoms with Gasteiger partial charge in [-0.05, 0) is 81.1 Å². The Bertz CT molecular complexity index is 1720. The molecular weight excluding hydrogens is 540 g/mol. The van der Waals surface area contributed by atoms with Gasteiger partial charge in [0.1, 0.15) is 17.5 Å². The van der Waals surface area contributed by atoms with Crippen LogP contribution in [-0.2, 0) is 6.54 Å². The summed E-state index contributed by atoms with van der Waals surface area (Å²) in [5.41, 5.74) is 3.96. The molecule has 0 radical (unpaired) electrons. The third-order valence-corrected chi connectivity index (χ3v) is 8.34. The second kappa shape index (κ2) is 12.7. The Kier molecular flexibility index (Phi) is 8.46. The lowest BCUT2D eigenvalue weighted by molar-refractivity contribution is 0.114. The maximum Gasteiger partial charge on any atom is 0.256 e. The van der Waals surface area contributed by atoms with Crippen molar-refractivity contribution in [1.29, 1.82) is 0 Å². The predicted octanol–water partition coefficient (Wildman–Crippen LogP) is 5.54. The fourth-order valence-corrected chi connectivity index (χ4v) is 5.79. The van der Waals surface area contributed by atoms with Gasteiger partial charge >= 0.3 is 0 Å². The molecule has 0 amide bonds. The quantitative estimate of drug-likeness (QED) is 0.230. The van der Waals surface area contributed by atoms with Crippen LogP contribution in [-0.4, -0.2) is 60.2 Å². The molecule has 43 heavy (non-hydrogen) atoms. The Labute approximate surface area is 251 Å². The van der Waals surface area contributed by atoms with Crippen molar-refractivity contribution >= 4 is 22.7 Å². The first-order valence-electron chi connectivity index (χ1n) is 15.1. The second-order valence-corrected chi connectivity index (χ2v) is 11.2. The number of piperidine rings is 1. The lowest BCUT2D eigenvalue weighted by Gasteiger charge is -2.29. The van der Waals surface area contributed by atoms with Crippen molar-refractivity contribution in [3.05, 3.63) is 95.2 Å². The number of ether oxygens (including phenoxy) is 1. The topological polar surface area (TPSA) is 103 Å². The van der Waals surface area contributed by atoms with Crippen LogP contribution in [0, 0.1) is 0 Å². The summed E-state index contributed by atoms with van der Waals surface area (Å²) in [6.45, 7) is 6.66. The van der Waals surface area contributed by atoms with Crippen molar-refractivity contribution in [3.63, 3.8) is 0 Å². The molecule has 10 heteroatoms. The van der Waals surface area contributed by atoms with Crippen LogP contribution in [0.2, 0.25) is 0 Å². The molecule has 5 aromatic rings. The standard InChI is InChI=1S/C33H38N8O2/c1-4-23(5-2)30-18-24-19-36-33(37-25-6-8-28(9-7-25)43-29-12-16-39(3)17-13-29)38-31(24)40(32(30)42)21-27-20-35-22-41(27)26-10-14-34-15-11-26/h6-11,14-15,18-20,22-23,29H,4-5,12-13,16-17,21H2,1-3H3,(H,36,37,38). The number of nitrogens with one attached hydrogen (secondary N) is 1. The third-order valence-electron chi connectivity index (χ3n) is 8.34. The van der Waals surface area contributed by atoms with E-state index >= 15 is 0 Å². The zero-order chi connectivity index (χ0) is 29.8. The monoisotopic (exact) mass is 578 g/mol. The molecule has 1 saturated heterocycles. The predicted molar refractivity (Wildman–Crippen MR) is 168 cm³/mol. The molecule has 5 heterocycles. The fraction of sp³-hybridized carbons (Fsp3) is 0.364. The Balaban J connectivity index is 1.31. The molecule has 0 spiro atoms. The van der Waals surface area contributed by atoms with E-state index in [1.807, 2.05) is 47.0 Å². The van der Waals surface area contributed by atoms with Gasteiger partial charge in [-0.3, -0.25) is 14.3 Å². The summed E-state index contributed by atoms with van der Waals surface area (Å²) < 4.78 is 9.93. The molecule has 1 N–H and O–H groups in total. The molecule has 1 aliphatic rings. The number of aromatic nitrogens is 6. The van der Waals surface area contributed by atoms with E-state index in [1.165, 1.54) is 0 Å². The summed E-state index contributed by atoms with van der Waals surface area (Å²) in [4.78, 5) is 34.3. The molecule has 0 saturated carbocycles. The summed E-state index contributed by atoms with van der Waals surface area (Å²) in [6, 6.07) is 13.7. The van der Waals surface area contributed by atoms with Crippen molar-refractivity contribution in [2.75, 3.05) is 25.5 Å². The molecule has 10 nitrogen and oxygen atoms in total. The number of imidazole rings is 1. The van der Waals surface area contributed by atoms with Crippen LogP contribution in [0.1, 0.15) is 56.7 Å². The maximum atomic E-state index is 14.0. The van der Waals surface area contributed by atoms with E-state index in [0.29, 0.717) is 18.1 Å². The van der Waals surface area contributed by atoms with E-state index in [9.17, 15) is 4.79 Å². The highest BCUT2D eigenvalue weighted by atomic mass is 16.5. The molecule has 1 aliphatic heterocycles. The smallest absolute Gasteiger partial charge is 0.256 e. The Hall–Kier alpha value is -4.57. The van der Waals surface area contributed by atoms with E-state index in [-0.39, 0.29) is 17.6 Å². The molecule has 1 aromatic carbocycles. The summed E-state index contributed by atoms with van der Waals surface area (Å²) >= 11 is 0. The highest BCUT2D eigenvalue weighted by molar-refractivity contribution is 5.77. The van der Waals surface area contributed by atoms with Crippen LogP contribution in [0.3, 0.4) is 0 Å². The molecule has 222 valence electrons. The Morgan fingerprint density at radius 2 is 1.74 bits per heavy atom. The Morgan fingerprint density at radius 3 is 2.47 bits per heavy atom. The van der Waals surface area contributed by atoms with Gasteiger partial charge in [0.15, 0.2) is 0 Å². The zero-order valence-corrected chi connectivity index (χ0v) is 25.0. The van der Waals surface area contributed by atoms with Crippen LogP contribution in [0.15, 0.2) is 78.4 Å². The second-order valence-electron chi connectivity index (χ2n) is 11.2.